The van der Waals surface area contributed by atoms with Crippen LogP contribution in [0.25, 0.3) is 33.5 Å². The van der Waals surface area contributed by atoms with Crippen LogP contribution in [0.4, 0.5) is 0 Å². The van der Waals surface area contributed by atoms with Gasteiger partial charge >= 0.3 is 5.97 Å². The number of H-pyrrole nitrogens is 1. The van der Waals surface area contributed by atoms with E-state index in [0.717, 1.165) is 12.0 Å². The van der Waals surface area contributed by atoms with E-state index in [4.69, 9.17) is 4.74 Å². The Morgan fingerprint density at radius 2 is 1.68 bits per heavy atom. The zero-order valence-corrected chi connectivity index (χ0v) is 21.8. The average Bonchev–Trinajstić information content (AvgIpc) is 3.37. The molecule has 0 radical (unpaired) electrons. The van der Waals surface area contributed by atoms with Crippen LogP contribution in [0.2, 0.25) is 0 Å². The lowest BCUT2D eigenvalue weighted by Crippen LogP contribution is -2.07. The van der Waals surface area contributed by atoms with Gasteiger partial charge in [-0.15, -0.1) is 0 Å². The first kappa shape index (κ1) is 25.3. The molecule has 3 heterocycles. The van der Waals surface area contributed by atoms with Crippen molar-refractivity contribution in [1.82, 2.24) is 20.2 Å². The summed E-state index contributed by atoms with van der Waals surface area (Å²) in [6.45, 7) is 4.06. The molecular weight excluding hydrogens is 500 g/mol. The van der Waals surface area contributed by atoms with E-state index >= 15 is 0 Å². The number of sulfone groups is 1. The summed E-state index contributed by atoms with van der Waals surface area (Å²) in [5.41, 5.74) is 5.22. The quantitative estimate of drug-likeness (QED) is 0.269. The molecule has 0 saturated carbocycles. The van der Waals surface area contributed by atoms with Crippen molar-refractivity contribution >= 4 is 26.8 Å². The van der Waals surface area contributed by atoms with E-state index in [2.05, 4.69) is 27.1 Å². The Morgan fingerprint density at radius 3 is 2.34 bits per heavy atom. The molecule has 0 aliphatic carbocycles. The fraction of sp³-hybridized carbons (Fsp3) is 0.172. The highest BCUT2D eigenvalue weighted by atomic mass is 32.2. The number of hydrogen-bond donors (Lipinski definition) is 1. The topological polar surface area (TPSA) is 115 Å². The van der Waals surface area contributed by atoms with E-state index in [9.17, 15) is 13.2 Å². The largest absolute Gasteiger partial charge is 0.462 e. The Kier molecular flexibility index (Phi) is 7.02. The molecule has 1 N–H and O–H groups in total. The normalized spacial score (nSPS) is 11.5. The fourth-order valence-electron chi connectivity index (χ4n) is 4.28. The monoisotopic (exact) mass is 526 g/mol. The Labute approximate surface area is 220 Å². The van der Waals surface area contributed by atoms with Crippen LogP contribution in [-0.4, -0.2) is 41.2 Å². The van der Waals surface area contributed by atoms with Crippen LogP contribution in [0.5, 0.6) is 0 Å². The summed E-state index contributed by atoms with van der Waals surface area (Å²) in [5.74, 6) is -0.628. The summed E-state index contributed by atoms with van der Waals surface area (Å²) < 4.78 is 31.1. The summed E-state index contributed by atoms with van der Waals surface area (Å²) in [4.78, 5) is 21.9. The SMILES string of the molecule is CCOC(=O)c1cc(-c2ccc(S(=O)(=O)Cc3cccnc3)cc2)nc2n[nH]c(-c3ccc(CC)cc3)c12. The summed E-state index contributed by atoms with van der Waals surface area (Å²) in [5, 5.41) is 7.99. The smallest absolute Gasteiger partial charge is 0.339 e. The third kappa shape index (κ3) is 5.05. The van der Waals surface area contributed by atoms with Gasteiger partial charge in [0.2, 0.25) is 0 Å². The highest BCUT2D eigenvalue weighted by Crippen LogP contribution is 2.32. The third-order valence-corrected chi connectivity index (χ3v) is 7.96. The molecule has 5 aromatic rings. The summed E-state index contributed by atoms with van der Waals surface area (Å²) in [6.07, 6.45) is 4.06. The van der Waals surface area contributed by atoms with Crippen molar-refractivity contribution in [1.29, 1.82) is 0 Å². The molecule has 8 nitrogen and oxygen atoms in total. The van der Waals surface area contributed by atoms with Crippen LogP contribution >= 0.6 is 0 Å². The number of fused-ring (bicyclic) bond motifs is 1. The molecule has 0 aliphatic heterocycles. The van der Waals surface area contributed by atoms with E-state index in [-0.39, 0.29) is 17.3 Å². The van der Waals surface area contributed by atoms with Crippen molar-refractivity contribution in [2.24, 2.45) is 0 Å². The number of aryl methyl sites for hydroxylation is 1. The van der Waals surface area contributed by atoms with Gasteiger partial charge in [0.1, 0.15) is 0 Å². The number of rotatable bonds is 8. The molecule has 0 spiro atoms. The Balaban J connectivity index is 1.54. The second-order valence-corrected chi connectivity index (χ2v) is 10.8. The standard InChI is InChI=1S/C29H26N4O4S/c1-3-19-7-9-22(10-8-19)27-26-24(29(34)37-4-2)16-25(31-28(26)33-32-27)21-11-13-23(14-12-21)38(35,36)18-20-6-5-15-30-17-20/h5-17H,3-4,18H2,1-2H3,(H,31,32,33). The van der Waals surface area contributed by atoms with Crippen LogP contribution in [0.1, 0.15) is 35.3 Å². The van der Waals surface area contributed by atoms with E-state index in [1.165, 1.54) is 11.8 Å². The highest BCUT2D eigenvalue weighted by Gasteiger charge is 2.22. The number of ether oxygens (including phenoxy) is 1. The van der Waals surface area contributed by atoms with Crippen LogP contribution in [0, 0.1) is 0 Å². The van der Waals surface area contributed by atoms with Crippen molar-refractivity contribution in [3.05, 3.63) is 95.8 Å². The van der Waals surface area contributed by atoms with Gasteiger partial charge in [-0.2, -0.15) is 5.10 Å². The molecule has 9 heteroatoms. The third-order valence-electron chi connectivity index (χ3n) is 6.26. The number of benzene rings is 2. The molecule has 3 aromatic heterocycles. The molecule has 0 saturated heterocycles. The van der Waals surface area contributed by atoms with E-state index in [0.29, 0.717) is 39.1 Å². The number of hydrogen-bond acceptors (Lipinski definition) is 7. The Hall–Kier alpha value is -4.37. The number of carbonyl (C=O) groups is 1. The molecule has 5 rings (SSSR count). The molecule has 192 valence electrons. The molecular formula is C29H26N4O4S. The minimum atomic E-state index is -3.56. The molecule has 0 unspecified atom stereocenters. The lowest BCUT2D eigenvalue weighted by atomic mass is 10.0. The highest BCUT2D eigenvalue weighted by molar-refractivity contribution is 7.90. The number of carbonyl (C=O) groups excluding carboxylic acids is 1. The lowest BCUT2D eigenvalue weighted by Gasteiger charge is -2.09. The van der Waals surface area contributed by atoms with Gasteiger partial charge in [-0.3, -0.25) is 10.1 Å². The average molecular weight is 527 g/mol. The molecule has 0 amide bonds. The van der Waals surface area contributed by atoms with Crippen LogP contribution in [0.3, 0.4) is 0 Å². The van der Waals surface area contributed by atoms with Gasteiger partial charge in [0.25, 0.3) is 0 Å². The van der Waals surface area contributed by atoms with Crippen molar-refractivity contribution in [3.63, 3.8) is 0 Å². The maximum absolute atomic E-state index is 13.0. The van der Waals surface area contributed by atoms with Gasteiger partial charge in [-0.1, -0.05) is 49.4 Å². The van der Waals surface area contributed by atoms with Crippen LogP contribution in [-0.2, 0) is 26.7 Å². The second kappa shape index (κ2) is 10.5. The Bertz CT molecular complexity index is 1700. The minimum absolute atomic E-state index is 0.146. The maximum Gasteiger partial charge on any atom is 0.339 e. The Morgan fingerprint density at radius 1 is 0.947 bits per heavy atom. The van der Waals surface area contributed by atoms with Crippen molar-refractivity contribution in [2.75, 3.05) is 6.61 Å². The number of esters is 1. The number of nitrogens with zero attached hydrogens (tertiary/aromatic N) is 3. The summed E-state index contributed by atoms with van der Waals surface area (Å²) in [6, 6.07) is 19.6. The first-order valence-corrected chi connectivity index (χ1v) is 13.9. The number of pyridine rings is 2. The minimum Gasteiger partial charge on any atom is -0.462 e. The second-order valence-electron chi connectivity index (χ2n) is 8.77. The summed E-state index contributed by atoms with van der Waals surface area (Å²) >= 11 is 0. The first-order chi connectivity index (χ1) is 18.4. The first-order valence-electron chi connectivity index (χ1n) is 12.3. The number of aromatic nitrogens is 4. The fourth-order valence-corrected chi connectivity index (χ4v) is 5.60. The van der Waals surface area contributed by atoms with Gasteiger partial charge in [0, 0.05) is 23.5 Å². The van der Waals surface area contributed by atoms with Gasteiger partial charge in [0.15, 0.2) is 15.5 Å². The predicted octanol–water partition coefficient (Wildman–Crippen LogP) is 5.40. The predicted molar refractivity (Wildman–Crippen MR) is 145 cm³/mol. The van der Waals surface area contributed by atoms with Gasteiger partial charge in [-0.25, -0.2) is 18.2 Å². The van der Waals surface area contributed by atoms with Crippen molar-refractivity contribution in [3.8, 4) is 22.5 Å². The van der Waals surface area contributed by atoms with E-state index in [1.54, 1.807) is 55.6 Å². The maximum atomic E-state index is 13.0. The number of nitrogens with one attached hydrogen (secondary N) is 1. The van der Waals surface area contributed by atoms with E-state index < -0.39 is 15.8 Å². The molecule has 38 heavy (non-hydrogen) atoms. The number of aromatic amines is 1. The molecule has 0 aliphatic rings. The molecule has 0 bridgehead atoms. The van der Waals surface area contributed by atoms with E-state index in [1.807, 2.05) is 24.3 Å². The lowest BCUT2D eigenvalue weighted by molar-refractivity contribution is 0.0528. The molecule has 0 fully saturated rings. The molecule has 0 atom stereocenters. The van der Waals surface area contributed by atoms with Gasteiger partial charge in [-0.05, 0) is 48.7 Å². The zero-order valence-electron chi connectivity index (χ0n) is 21.0. The van der Waals surface area contributed by atoms with Crippen LogP contribution < -0.4 is 0 Å². The van der Waals surface area contributed by atoms with Crippen molar-refractivity contribution < 1.29 is 17.9 Å². The van der Waals surface area contributed by atoms with Gasteiger partial charge < -0.3 is 4.74 Å². The summed E-state index contributed by atoms with van der Waals surface area (Å²) in [7, 11) is -3.56. The zero-order chi connectivity index (χ0) is 26.7. The van der Waals surface area contributed by atoms with Gasteiger partial charge in [0.05, 0.1) is 39.6 Å². The van der Waals surface area contributed by atoms with Crippen molar-refractivity contribution in [2.45, 2.75) is 30.9 Å². The van der Waals surface area contributed by atoms with Crippen LogP contribution in [0.15, 0.2) is 84.0 Å². The molecule has 2 aromatic carbocycles.